The molecule has 0 radical (unpaired) electrons. The van der Waals surface area contributed by atoms with E-state index in [1.807, 2.05) is 36.2 Å². The van der Waals surface area contributed by atoms with Gasteiger partial charge in [-0.2, -0.15) is 0 Å². The number of benzene rings is 2. The lowest BCUT2D eigenvalue weighted by Gasteiger charge is -2.45. The van der Waals surface area contributed by atoms with Crippen molar-refractivity contribution < 1.29 is 19.4 Å². The second-order valence-electron chi connectivity index (χ2n) is 11.0. The lowest BCUT2D eigenvalue weighted by molar-refractivity contribution is -0.0565. The molecule has 39 heavy (non-hydrogen) atoms. The summed E-state index contributed by atoms with van der Waals surface area (Å²) in [5.41, 5.74) is 4.49. The maximum Gasteiger partial charge on any atom is 0.256 e. The van der Waals surface area contributed by atoms with Gasteiger partial charge in [0, 0.05) is 38.3 Å². The molecular weight excluding hydrogens is 492 g/mol. The number of carbonyl (C=O) groups excluding carboxylic acids is 2. The Morgan fingerprint density at radius 1 is 1.08 bits per heavy atom. The van der Waals surface area contributed by atoms with E-state index in [1.54, 1.807) is 11.0 Å². The van der Waals surface area contributed by atoms with Crippen molar-refractivity contribution in [3.63, 3.8) is 0 Å². The first kappa shape index (κ1) is 27.6. The zero-order valence-electron chi connectivity index (χ0n) is 23.3. The average molecular weight is 535 g/mol. The number of nitrogens with one attached hydrogen (secondary N) is 1. The van der Waals surface area contributed by atoms with Gasteiger partial charge >= 0.3 is 0 Å². The lowest BCUT2D eigenvalue weighted by Crippen LogP contribution is -2.57. The molecule has 5 rings (SSSR count). The molecule has 2 aromatic rings. The average Bonchev–Trinajstić information content (AvgIpc) is 3.07. The van der Waals surface area contributed by atoms with Gasteiger partial charge in [-0.3, -0.25) is 9.59 Å². The number of aryl methyl sites for hydroxylation is 1. The second kappa shape index (κ2) is 12.5. The van der Waals surface area contributed by atoms with E-state index in [-0.39, 0.29) is 23.9 Å². The summed E-state index contributed by atoms with van der Waals surface area (Å²) in [6, 6.07) is 14.1. The van der Waals surface area contributed by atoms with Gasteiger partial charge in [0.25, 0.3) is 11.8 Å². The summed E-state index contributed by atoms with van der Waals surface area (Å²) in [4.78, 5) is 33.3. The van der Waals surface area contributed by atoms with E-state index in [2.05, 4.69) is 29.3 Å². The van der Waals surface area contributed by atoms with Crippen LogP contribution in [0.2, 0.25) is 0 Å². The van der Waals surface area contributed by atoms with Gasteiger partial charge in [-0.25, -0.2) is 0 Å². The Balaban J connectivity index is 1.29. The standard InChI is InChI=1S/C31H42N4O4/c1-3-33-15-16-34(19-27(36)13-11-22-7-4-5-8-24(22)18-32-2)31(38)28-14-12-23(17-29(28)33)30(37)35-25-9-6-10-26(35)21-39-20-25/h4-5,7-8,12,14,17,25-27,32,36H,3,6,9-11,13,15-16,18-21H2,1-2H3/t25?,26?,27-/m0/s1. The van der Waals surface area contributed by atoms with Crippen molar-refractivity contribution in [2.45, 2.75) is 63.8 Å². The third kappa shape index (κ3) is 5.98. The van der Waals surface area contributed by atoms with E-state index in [0.29, 0.717) is 50.4 Å². The second-order valence-corrected chi connectivity index (χ2v) is 11.0. The van der Waals surface area contributed by atoms with Crippen molar-refractivity contribution in [1.82, 2.24) is 15.1 Å². The molecule has 2 aromatic carbocycles. The molecule has 3 aliphatic rings. The Bertz CT molecular complexity index is 1150. The number of rotatable bonds is 9. The van der Waals surface area contributed by atoms with Gasteiger partial charge in [0.2, 0.25) is 0 Å². The van der Waals surface area contributed by atoms with E-state index in [4.69, 9.17) is 4.74 Å². The summed E-state index contributed by atoms with van der Waals surface area (Å²) in [6.45, 7) is 6.29. The van der Waals surface area contributed by atoms with Gasteiger partial charge in [-0.1, -0.05) is 24.3 Å². The number of piperidine rings is 1. The molecule has 3 aliphatic heterocycles. The van der Waals surface area contributed by atoms with Crippen molar-refractivity contribution in [3.8, 4) is 0 Å². The first-order valence-corrected chi connectivity index (χ1v) is 14.5. The highest BCUT2D eigenvalue weighted by molar-refractivity contribution is 6.03. The van der Waals surface area contributed by atoms with Crippen molar-refractivity contribution in [2.75, 3.05) is 51.3 Å². The number of aliphatic hydroxyl groups excluding tert-OH is 1. The molecule has 210 valence electrons. The van der Waals surface area contributed by atoms with Crippen LogP contribution in [0.1, 0.15) is 64.4 Å². The van der Waals surface area contributed by atoms with Crippen LogP contribution in [-0.4, -0.2) is 91.3 Å². The van der Waals surface area contributed by atoms with Gasteiger partial charge in [0.05, 0.1) is 42.7 Å². The van der Waals surface area contributed by atoms with Crippen LogP contribution in [0.4, 0.5) is 5.69 Å². The van der Waals surface area contributed by atoms with Crippen molar-refractivity contribution in [3.05, 3.63) is 64.7 Å². The molecule has 0 aromatic heterocycles. The molecule has 2 amide bonds. The highest BCUT2D eigenvalue weighted by Crippen LogP contribution is 2.32. The zero-order chi connectivity index (χ0) is 27.4. The van der Waals surface area contributed by atoms with E-state index >= 15 is 0 Å². The summed E-state index contributed by atoms with van der Waals surface area (Å²) in [6.07, 6.45) is 3.82. The summed E-state index contributed by atoms with van der Waals surface area (Å²) < 4.78 is 5.74. The molecule has 2 unspecified atom stereocenters. The Morgan fingerprint density at radius 3 is 2.51 bits per heavy atom. The van der Waals surface area contributed by atoms with Crippen LogP contribution in [-0.2, 0) is 17.7 Å². The van der Waals surface area contributed by atoms with Gasteiger partial charge in [-0.15, -0.1) is 0 Å². The molecule has 0 spiro atoms. The summed E-state index contributed by atoms with van der Waals surface area (Å²) in [5.74, 6) is -0.0489. The van der Waals surface area contributed by atoms with E-state index < -0.39 is 6.10 Å². The molecule has 8 nitrogen and oxygen atoms in total. The minimum absolute atomic E-state index is 0.0365. The van der Waals surface area contributed by atoms with E-state index in [9.17, 15) is 14.7 Å². The van der Waals surface area contributed by atoms with Crippen LogP contribution in [0.15, 0.2) is 42.5 Å². The topological polar surface area (TPSA) is 85.3 Å². The van der Waals surface area contributed by atoms with E-state index in [1.165, 1.54) is 11.1 Å². The molecule has 3 atom stereocenters. The number of likely N-dealkylation sites (N-methyl/N-ethyl adjacent to an activating group) is 1. The summed E-state index contributed by atoms with van der Waals surface area (Å²) in [7, 11) is 1.93. The molecule has 8 heteroatoms. The zero-order valence-corrected chi connectivity index (χ0v) is 23.3. The number of amides is 2. The number of ether oxygens (including phenoxy) is 1. The SMILES string of the molecule is CCN1CCN(C[C@@H](O)CCc2ccccc2CNC)C(=O)c2ccc(C(=O)N3C4CCCC3COC4)cc21. The largest absolute Gasteiger partial charge is 0.391 e. The highest BCUT2D eigenvalue weighted by Gasteiger charge is 2.38. The first-order chi connectivity index (χ1) is 19.0. The fourth-order valence-corrected chi connectivity index (χ4v) is 6.39. The molecule has 2 N–H and O–H groups in total. The molecule has 2 bridgehead atoms. The number of morpholine rings is 1. The van der Waals surface area contributed by atoms with Crippen LogP contribution in [0.3, 0.4) is 0 Å². The maximum atomic E-state index is 13.7. The van der Waals surface area contributed by atoms with Gasteiger partial charge in [0.1, 0.15) is 0 Å². The predicted molar refractivity (Wildman–Crippen MR) is 152 cm³/mol. The monoisotopic (exact) mass is 534 g/mol. The highest BCUT2D eigenvalue weighted by atomic mass is 16.5. The normalized spacial score (nSPS) is 21.9. The van der Waals surface area contributed by atoms with Crippen molar-refractivity contribution >= 4 is 17.5 Å². The van der Waals surface area contributed by atoms with Crippen LogP contribution in [0.5, 0.6) is 0 Å². The number of fused-ring (bicyclic) bond motifs is 3. The van der Waals surface area contributed by atoms with Crippen LogP contribution in [0, 0.1) is 0 Å². The molecule has 2 saturated heterocycles. The number of aliphatic hydroxyl groups is 1. The summed E-state index contributed by atoms with van der Waals surface area (Å²) >= 11 is 0. The van der Waals surface area contributed by atoms with Gasteiger partial charge < -0.3 is 29.9 Å². The van der Waals surface area contributed by atoms with Gasteiger partial charge in [0.15, 0.2) is 0 Å². The smallest absolute Gasteiger partial charge is 0.256 e. The number of β-amino-alcohol motifs (C(OH)–C–C–N with tert-alkyl or cyclic N) is 1. The summed E-state index contributed by atoms with van der Waals surface area (Å²) in [5, 5.41) is 14.1. The minimum Gasteiger partial charge on any atom is -0.391 e. The Morgan fingerprint density at radius 2 is 1.79 bits per heavy atom. The third-order valence-corrected chi connectivity index (χ3v) is 8.50. The van der Waals surface area contributed by atoms with Gasteiger partial charge in [-0.05, 0) is 75.4 Å². The predicted octanol–water partition coefficient (Wildman–Crippen LogP) is 3.08. The Hall–Kier alpha value is -2.94. The lowest BCUT2D eigenvalue weighted by atomic mass is 9.93. The number of hydrogen-bond acceptors (Lipinski definition) is 6. The van der Waals surface area contributed by atoms with Crippen LogP contribution >= 0.6 is 0 Å². The Labute approximate surface area is 231 Å². The molecule has 2 fully saturated rings. The van der Waals surface area contributed by atoms with Crippen LogP contribution in [0.25, 0.3) is 0 Å². The Kier molecular flexibility index (Phi) is 8.85. The molecule has 0 aliphatic carbocycles. The first-order valence-electron chi connectivity index (χ1n) is 14.5. The quantitative estimate of drug-likeness (QED) is 0.515. The third-order valence-electron chi connectivity index (χ3n) is 8.50. The fraction of sp³-hybridized carbons (Fsp3) is 0.548. The number of anilines is 1. The fourth-order valence-electron chi connectivity index (χ4n) is 6.39. The number of hydrogen-bond donors (Lipinski definition) is 2. The van der Waals surface area contributed by atoms with Crippen molar-refractivity contribution in [1.29, 1.82) is 0 Å². The molecular formula is C31H42N4O4. The van der Waals surface area contributed by atoms with Crippen LogP contribution < -0.4 is 10.2 Å². The molecule has 0 saturated carbocycles. The number of nitrogens with zero attached hydrogens (tertiary/aromatic N) is 3. The molecule has 3 heterocycles. The maximum absolute atomic E-state index is 13.7. The van der Waals surface area contributed by atoms with Crippen molar-refractivity contribution in [2.24, 2.45) is 0 Å². The van der Waals surface area contributed by atoms with E-state index in [0.717, 1.165) is 44.5 Å². The number of carbonyl (C=O) groups is 2. The minimum atomic E-state index is -0.616.